The van der Waals surface area contributed by atoms with Crippen molar-refractivity contribution >= 4 is 0 Å². The van der Waals surface area contributed by atoms with Crippen LogP contribution in [-0.4, -0.2) is 165 Å². The van der Waals surface area contributed by atoms with E-state index in [1.54, 1.807) is 0 Å². The molecule has 0 bridgehead atoms. The van der Waals surface area contributed by atoms with E-state index in [9.17, 15) is 0 Å². The molecule has 0 radical (unpaired) electrons. The molecule has 0 aliphatic rings. The fourth-order valence-corrected chi connectivity index (χ4v) is 4.90. The zero-order valence-corrected chi connectivity index (χ0v) is 35.5. The second kappa shape index (κ2) is 44.6. The molecule has 0 saturated carbocycles. The molecule has 1 aromatic rings. The van der Waals surface area contributed by atoms with Gasteiger partial charge in [0.2, 0.25) is 0 Å². The van der Waals surface area contributed by atoms with E-state index >= 15 is 0 Å². The Hall–Kier alpha value is -1.46. The van der Waals surface area contributed by atoms with E-state index in [0.29, 0.717) is 164 Å². The topological polar surface area (TPSA) is 120 Å². The lowest BCUT2D eigenvalue weighted by molar-refractivity contribution is -0.0287. The van der Waals surface area contributed by atoms with Gasteiger partial charge in [0.25, 0.3) is 0 Å². The SMILES string of the molecule is CCCCCCCCc1ccc(OCCOCCOCCOCCOCCOCCOCCOCCOCCOCCOCCOCCOCC(C)CC)cc1. The van der Waals surface area contributed by atoms with Crippen molar-refractivity contribution in [3.05, 3.63) is 29.8 Å². The van der Waals surface area contributed by atoms with E-state index in [0.717, 1.165) is 25.2 Å². The predicted molar refractivity (Wildman–Crippen MR) is 218 cm³/mol. The number of ether oxygens (including phenoxy) is 13. The molecule has 0 aliphatic heterocycles. The van der Waals surface area contributed by atoms with Gasteiger partial charge < -0.3 is 61.6 Å². The minimum atomic E-state index is 0.511. The van der Waals surface area contributed by atoms with Gasteiger partial charge in [-0.15, -0.1) is 0 Å². The molecule has 0 fully saturated rings. The summed E-state index contributed by atoms with van der Waals surface area (Å²) < 4.78 is 72.0. The Labute approximate surface area is 339 Å². The van der Waals surface area contributed by atoms with Crippen LogP contribution in [0.5, 0.6) is 5.75 Å². The Morgan fingerprint density at radius 1 is 0.357 bits per heavy atom. The summed E-state index contributed by atoms with van der Waals surface area (Å²) in [5.41, 5.74) is 1.38. The van der Waals surface area contributed by atoms with Crippen molar-refractivity contribution in [2.45, 2.75) is 72.1 Å². The minimum Gasteiger partial charge on any atom is -0.491 e. The normalized spacial score (nSPS) is 12.1. The van der Waals surface area contributed by atoms with Gasteiger partial charge in [-0.1, -0.05) is 71.4 Å². The Balaban J connectivity index is 1.66. The van der Waals surface area contributed by atoms with Crippen LogP contribution in [0.15, 0.2) is 24.3 Å². The van der Waals surface area contributed by atoms with Gasteiger partial charge in [-0.2, -0.15) is 0 Å². The highest BCUT2D eigenvalue weighted by atomic mass is 16.6. The first-order chi connectivity index (χ1) is 27.8. The first-order valence-electron chi connectivity index (χ1n) is 21.4. The van der Waals surface area contributed by atoms with Crippen LogP contribution in [0, 0.1) is 5.92 Å². The maximum Gasteiger partial charge on any atom is 0.119 e. The third-order valence-electron chi connectivity index (χ3n) is 8.43. The van der Waals surface area contributed by atoms with Gasteiger partial charge in [0.15, 0.2) is 0 Å². The Bertz CT molecular complexity index is 880. The van der Waals surface area contributed by atoms with Crippen LogP contribution >= 0.6 is 0 Å². The molecular formula is C43H80O13. The van der Waals surface area contributed by atoms with Gasteiger partial charge in [-0.25, -0.2) is 0 Å². The summed E-state index contributed by atoms with van der Waals surface area (Å²) in [5, 5.41) is 0. The molecule has 13 nitrogen and oxygen atoms in total. The fourth-order valence-electron chi connectivity index (χ4n) is 4.90. The second-order valence-electron chi connectivity index (χ2n) is 13.3. The Morgan fingerprint density at radius 3 is 1.00 bits per heavy atom. The van der Waals surface area contributed by atoms with Gasteiger partial charge in [0, 0.05) is 6.61 Å². The summed E-state index contributed by atoms with van der Waals surface area (Å²) in [7, 11) is 0. The van der Waals surface area contributed by atoms with Crippen molar-refractivity contribution in [3.63, 3.8) is 0 Å². The van der Waals surface area contributed by atoms with Crippen LogP contribution in [0.3, 0.4) is 0 Å². The Kier molecular flexibility index (Phi) is 41.9. The average molecular weight is 805 g/mol. The van der Waals surface area contributed by atoms with Crippen LogP contribution in [0.2, 0.25) is 0 Å². The molecular weight excluding hydrogens is 724 g/mol. The lowest BCUT2D eigenvalue weighted by atomic mass is 10.0. The van der Waals surface area contributed by atoms with Crippen LogP contribution in [-0.2, 0) is 63.3 Å². The molecule has 0 saturated heterocycles. The van der Waals surface area contributed by atoms with E-state index in [1.165, 1.54) is 44.1 Å². The average Bonchev–Trinajstić information content (AvgIpc) is 3.22. The predicted octanol–water partition coefficient (Wildman–Crippen LogP) is 6.21. The summed E-state index contributed by atoms with van der Waals surface area (Å²) in [6.45, 7) is 20.1. The highest BCUT2D eigenvalue weighted by Gasteiger charge is 2.00. The largest absolute Gasteiger partial charge is 0.491 e. The van der Waals surface area contributed by atoms with Crippen molar-refractivity contribution in [3.8, 4) is 5.75 Å². The molecule has 0 amide bonds. The second-order valence-corrected chi connectivity index (χ2v) is 13.3. The molecule has 1 aromatic carbocycles. The molecule has 0 spiro atoms. The molecule has 13 heteroatoms. The van der Waals surface area contributed by atoms with Gasteiger partial charge in [0.1, 0.15) is 12.4 Å². The zero-order valence-electron chi connectivity index (χ0n) is 35.5. The van der Waals surface area contributed by atoms with Crippen molar-refractivity contribution in [1.29, 1.82) is 0 Å². The molecule has 0 heterocycles. The molecule has 56 heavy (non-hydrogen) atoms. The summed E-state index contributed by atoms with van der Waals surface area (Å²) >= 11 is 0. The van der Waals surface area contributed by atoms with E-state index in [2.05, 4.69) is 45.0 Å². The number of aryl methyl sites for hydroxylation is 1. The van der Waals surface area contributed by atoms with Crippen molar-refractivity contribution < 1.29 is 61.6 Å². The molecule has 330 valence electrons. The molecule has 0 aromatic heterocycles. The molecule has 0 N–H and O–H groups in total. The number of rotatable bonds is 47. The molecule has 1 unspecified atom stereocenters. The van der Waals surface area contributed by atoms with E-state index < -0.39 is 0 Å². The van der Waals surface area contributed by atoms with E-state index in [4.69, 9.17) is 61.6 Å². The quantitative estimate of drug-likeness (QED) is 0.0696. The standard InChI is InChI=1S/C43H80O13/c1-4-6-7-8-9-10-11-42-12-14-43(15-13-42)56-39-38-54-35-34-52-31-30-50-27-26-48-23-22-46-19-18-44-16-17-45-20-21-47-24-25-49-28-29-51-32-33-53-36-37-55-40-41(3)5-2/h12-15,41H,4-11,16-40H2,1-3H3. The fraction of sp³-hybridized carbons (Fsp3) is 0.860. The number of hydrogen-bond donors (Lipinski definition) is 0. The minimum absolute atomic E-state index is 0.511. The van der Waals surface area contributed by atoms with Crippen molar-refractivity contribution in [2.75, 3.05) is 165 Å². The molecule has 1 atom stereocenters. The smallest absolute Gasteiger partial charge is 0.119 e. The third-order valence-corrected chi connectivity index (χ3v) is 8.43. The zero-order chi connectivity index (χ0) is 40.1. The summed E-state index contributed by atoms with van der Waals surface area (Å²) in [6, 6.07) is 8.44. The summed E-state index contributed by atoms with van der Waals surface area (Å²) in [4.78, 5) is 0. The van der Waals surface area contributed by atoms with Gasteiger partial charge in [0.05, 0.1) is 152 Å². The molecule has 0 aliphatic carbocycles. The van der Waals surface area contributed by atoms with Crippen molar-refractivity contribution in [2.24, 2.45) is 5.92 Å². The van der Waals surface area contributed by atoms with E-state index in [-0.39, 0.29) is 0 Å². The maximum absolute atomic E-state index is 5.78. The first kappa shape index (κ1) is 52.6. The lowest BCUT2D eigenvalue weighted by Crippen LogP contribution is -2.15. The number of benzene rings is 1. The van der Waals surface area contributed by atoms with Crippen LogP contribution in [0.1, 0.15) is 71.3 Å². The van der Waals surface area contributed by atoms with Gasteiger partial charge in [-0.3, -0.25) is 0 Å². The van der Waals surface area contributed by atoms with Crippen LogP contribution in [0.25, 0.3) is 0 Å². The lowest BCUT2D eigenvalue weighted by Gasteiger charge is -2.10. The number of hydrogen-bond acceptors (Lipinski definition) is 13. The van der Waals surface area contributed by atoms with Crippen LogP contribution in [0.4, 0.5) is 0 Å². The van der Waals surface area contributed by atoms with Crippen molar-refractivity contribution in [1.82, 2.24) is 0 Å². The highest BCUT2D eigenvalue weighted by molar-refractivity contribution is 5.27. The monoisotopic (exact) mass is 805 g/mol. The third kappa shape index (κ3) is 39.4. The van der Waals surface area contributed by atoms with Gasteiger partial charge in [-0.05, 0) is 36.5 Å². The maximum atomic E-state index is 5.78. The van der Waals surface area contributed by atoms with E-state index in [1.807, 2.05) is 0 Å². The molecule has 1 rings (SSSR count). The highest BCUT2D eigenvalue weighted by Crippen LogP contribution is 2.15. The summed E-state index contributed by atoms with van der Waals surface area (Å²) in [6.07, 6.45) is 10.2. The number of unbranched alkanes of at least 4 members (excludes halogenated alkanes) is 5. The van der Waals surface area contributed by atoms with Gasteiger partial charge >= 0.3 is 0 Å². The summed E-state index contributed by atoms with van der Waals surface area (Å²) in [5.74, 6) is 1.48. The first-order valence-corrected chi connectivity index (χ1v) is 21.4. The van der Waals surface area contributed by atoms with Crippen LogP contribution < -0.4 is 4.74 Å². The Morgan fingerprint density at radius 2 is 0.661 bits per heavy atom.